The average Bonchev–Trinajstić information content (AvgIpc) is 4.10. The fourth-order valence-corrected chi connectivity index (χ4v) is 9.78. The highest BCUT2D eigenvalue weighted by Gasteiger charge is 2.34. The second-order valence-electron chi connectivity index (χ2n) is 18.2. The van der Waals surface area contributed by atoms with E-state index in [2.05, 4.69) is 72.7 Å². The van der Waals surface area contributed by atoms with Gasteiger partial charge in [-0.15, -0.1) is 0 Å². The van der Waals surface area contributed by atoms with Gasteiger partial charge in [0.15, 0.2) is 0 Å². The Hall–Kier alpha value is -7.09. The largest absolute Gasteiger partial charge is 0.384 e. The van der Waals surface area contributed by atoms with Crippen LogP contribution in [0, 0.1) is 0 Å². The monoisotopic (exact) mass is 904 g/mol. The number of imidazole rings is 3. The van der Waals surface area contributed by atoms with E-state index < -0.39 is 0 Å². The predicted octanol–water partition coefficient (Wildman–Crippen LogP) is 7.05. The Labute approximate surface area is 392 Å². The number of hydrogen-bond donors (Lipinski definition) is 2. The maximum atomic E-state index is 13.6. The van der Waals surface area contributed by atoms with Gasteiger partial charge in [0, 0.05) is 94.2 Å². The highest BCUT2D eigenvalue weighted by Crippen LogP contribution is 2.36. The smallest absolute Gasteiger partial charge is 0.261 e. The van der Waals surface area contributed by atoms with E-state index in [0.717, 1.165) is 136 Å². The molecule has 0 saturated carbocycles. The summed E-state index contributed by atoms with van der Waals surface area (Å²) in [4.78, 5) is 57.4. The summed E-state index contributed by atoms with van der Waals surface area (Å²) in [6.45, 7) is 6.01. The van der Waals surface area contributed by atoms with Crippen LogP contribution >= 0.6 is 0 Å². The molecule has 3 aromatic heterocycles. The number of imide groups is 2. The van der Waals surface area contributed by atoms with Crippen LogP contribution < -0.4 is 24.3 Å². The standard InChI is InChI=1S/C53H61N10O4/c1-56-31-33-58(37-56)27-13-23-54-46-21-19-44-48-40(46)15-11-17-42(48)50(64)62(52(44)66)29-9-5-3-7-25-60-35-36-61(39-60)26-8-4-6-10-30-63-51(65)43-18-12-16-41-47(22-20-45(49(41)43)53(63)67)55-24-14-28-59-34-32-57(2)38-59/h11-12,15-22,31-39H,3-10,13-14,23-30H2,1-2H3/q+1/p+2. The number of hydrogen-bond acceptors (Lipinski definition) is 6. The van der Waals surface area contributed by atoms with Crippen molar-refractivity contribution in [3.63, 3.8) is 0 Å². The first-order chi connectivity index (χ1) is 32.7. The Bertz CT molecular complexity index is 2690. The zero-order valence-electron chi connectivity index (χ0n) is 38.9. The average molecular weight is 904 g/mol. The molecular formula is C53H63N10O4+3. The Morgan fingerprint density at radius 1 is 0.463 bits per heavy atom. The van der Waals surface area contributed by atoms with Crippen LogP contribution in [0.1, 0.15) is 106 Å². The van der Waals surface area contributed by atoms with Crippen LogP contribution in [0.2, 0.25) is 0 Å². The summed E-state index contributed by atoms with van der Waals surface area (Å²) in [6, 6.07) is 19.2. The van der Waals surface area contributed by atoms with Gasteiger partial charge in [0.05, 0.1) is 40.3 Å². The molecule has 0 spiro atoms. The van der Waals surface area contributed by atoms with Gasteiger partial charge in [-0.3, -0.25) is 29.0 Å². The van der Waals surface area contributed by atoms with E-state index in [0.29, 0.717) is 35.3 Å². The van der Waals surface area contributed by atoms with Gasteiger partial charge in [0.2, 0.25) is 19.0 Å². The van der Waals surface area contributed by atoms with E-state index in [-0.39, 0.29) is 23.6 Å². The molecule has 346 valence electrons. The molecule has 2 aliphatic heterocycles. The van der Waals surface area contributed by atoms with Crippen LogP contribution in [0.5, 0.6) is 0 Å². The number of unbranched alkanes of at least 4 members (excludes halogenated alkanes) is 6. The van der Waals surface area contributed by atoms with Gasteiger partial charge in [-0.1, -0.05) is 37.1 Å². The highest BCUT2D eigenvalue weighted by molar-refractivity contribution is 6.27. The van der Waals surface area contributed by atoms with Crippen LogP contribution in [0.4, 0.5) is 11.4 Å². The van der Waals surface area contributed by atoms with Crippen LogP contribution in [0.3, 0.4) is 0 Å². The van der Waals surface area contributed by atoms with Crippen molar-refractivity contribution in [2.75, 3.05) is 36.8 Å². The van der Waals surface area contributed by atoms with E-state index in [9.17, 15) is 19.2 Å². The third-order valence-electron chi connectivity index (χ3n) is 13.3. The number of carbonyl (C=O) groups excluding carboxylic acids is 4. The SMILES string of the molecule is Cn1cc[n+](CCCNc2ccc3c4c(cccc24)C(=O)N(CCCCCCn2cc[n+](CCCCCCN4C(=O)c5cccc6c(NCCCn7cc[n+](C)c7)ccc(c56)C4=O)c2)C3=O)c1. The summed E-state index contributed by atoms with van der Waals surface area (Å²) in [5.41, 5.74) is 4.27. The molecular weight excluding hydrogens is 841 g/mol. The third kappa shape index (κ3) is 10.0. The van der Waals surface area contributed by atoms with E-state index in [1.807, 2.05) is 96.3 Å². The Morgan fingerprint density at radius 2 is 0.940 bits per heavy atom. The van der Waals surface area contributed by atoms with Gasteiger partial charge in [-0.05, 0) is 74.9 Å². The zero-order valence-corrected chi connectivity index (χ0v) is 38.9. The molecule has 0 radical (unpaired) electrons. The van der Waals surface area contributed by atoms with Crippen molar-refractivity contribution in [2.45, 2.75) is 90.4 Å². The molecule has 67 heavy (non-hydrogen) atoms. The Kier molecular flexibility index (Phi) is 13.9. The minimum Gasteiger partial charge on any atom is -0.384 e. The number of nitrogens with one attached hydrogen (secondary N) is 2. The van der Waals surface area contributed by atoms with Gasteiger partial charge >= 0.3 is 0 Å². The first kappa shape index (κ1) is 45.1. The number of aryl methyl sites for hydroxylation is 6. The van der Waals surface area contributed by atoms with Crippen molar-refractivity contribution in [2.24, 2.45) is 14.1 Å². The van der Waals surface area contributed by atoms with Gasteiger partial charge in [-0.25, -0.2) is 27.4 Å². The van der Waals surface area contributed by atoms with Crippen molar-refractivity contribution in [1.29, 1.82) is 0 Å². The third-order valence-corrected chi connectivity index (χ3v) is 13.3. The molecule has 5 heterocycles. The number of carbonyl (C=O) groups is 4. The molecule has 14 heteroatoms. The molecule has 2 aliphatic rings. The Morgan fingerprint density at radius 3 is 1.51 bits per heavy atom. The van der Waals surface area contributed by atoms with Crippen LogP contribution in [-0.2, 0) is 40.3 Å². The molecule has 4 aromatic carbocycles. The number of rotatable bonds is 24. The molecule has 2 N–H and O–H groups in total. The fourth-order valence-electron chi connectivity index (χ4n) is 9.78. The molecule has 0 aliphatic carbocycles. The molecule has 0 fully saturated rings. The molecule has 0 atom stereocenters. The molecule has 14 nitrogen and oxygen atoms in total. The fraction of sp³-hybridized carbons (Fsp3) is 0.377. The molecule has 7 aromatic rings. The van der Waals surface area contributed by atoms with Gasteiger partial charge in [0.25, 0.3) is 23.6 Å². The van der Waals surface area contributed by atoms with Crippen molar-refractivity contribution in [1.82, 2.24) is 23.5 Å². The van der Waals surface area contributed by atoms with E-state index in [4.69, 9.17) is 0 Å². The molecule has 0 unspecified atom stereocenters. The molecule has 9 rings (SSSR count). The number of benzene rings is 4. The van der Waals surface area contributed by atoms with Crippen molar-refractivity contribution in [3.8, 4) is 0 Å². The lowest BCUT2D eigenvalue weighted by molar-refractivity contribution is -0.697. The number of amides is 4. The molecule has 0 bridgehead atoms. The topological polar surface area (TPSA) is 125 Å². The highest BCUT2D eigenvalue weighted by atomic mass is 16.2. The van der Waals surface area contributed by atoms with Gasteiger partial charge < -0.3 is 10.6 Å². The van der Waals surface area contributed by atoms with E-state index in [1.165, 1.54) is 9.80 Å². The lowest BCUT2D eigenvalue weighted by Gasteiger charge is -2.28. The first-order valence-electron chi connectivity index (χ1n) is 24.1. The maximum Gasteiger partial charge on any atom is 0.261 e. The molecule has 0 saturated heterocycles. The van der Waals surface area contributed by atoms with E-state index in [1.54, 1.807) is 0 Å². The Balaban J connectivity index is 0.661. The minimum absolute atomic E-state index is 0.207. The maximum absolute atomic E-state index is 13.6. The number of aromatic nitrogens is 6. The van der Waals surface area contributed by atoms with Gasteiger partial charge in [0.1, 0.15) is 37.2 Å². The minimum atomic E-state index is -0.207. The van der Waals surface area contributed by atoms with Crippen molar-refractivity contribution >= 4 is 56.5 Å². The van der Waals surface area contributed by atoms with Crippen LogP contribution in [0.25, 0.3) is 21.5 Å². The summed E-state index contributed by atoms with van der Waals surface area (Å²) >= 11 is 0. The number of anilines is 2. The quantitative estimate of drug-likeness (QED) is 0.0381. The second kappa shape index (κ2) is 20.6. The summed E-state index contributed by atoms with van der Waals surface area (Å²) in [7, 11) is 4.02. The molecule has 4 amide bonds. The zero-order chi connectivity index (χ0) is 46.3. The number of nitrogens with zero attached hydrogens (tertiary/aromatic N) is 8. The lowest BCUT2D eigenvalue weighted by atomic mass is 9.92. The normalized spacial score (nSPS) is 13.5. The van der Waals surface area contributed by atoms with E-state index >= 15 is 0 Å². The van der Waals surface area contributed by atoms with Crippen molar-refractivity contribution < 1.29 is 32.9 Å². The predicted molar refractivity (Wildman–Crippen MR) is 258 cm³/mol. The second-order valence-corrected chi connectivity index (χ2v) is 18.2. The first-order valence-corrected chi connectivity index (χ1v) is 24.1. The summed E-state index contributed by atoms with van der Waals surface area (Å²) < 4.78 is 12.8. The summed E-state index contributed by atoms with van der Waals surface area (Å²) in [5.74, 6) is -0.828. The van der Waals surface area contributed by atoms with Crippen LogP contribution in [-0.4, -0.2) is 73.3 Å². The summed E-state index contributed by atoms with van der Waals surface area (Å²) in [5, 5.41) is 10.4. The van der Waals surface area contributed by atoms with Crippen molar-refractivity contribution in [3.05, 3.63) is 139 Å². The van der Waals surface area contributed by atoms with Gasteiger partial charge in [-0.2, -0.15) is 0 Å². The lowest BCUT2D eigenvalue weighted by Crippen LogP contribution is -2.40. The summed E-state index contributed by atoms with van der Waals surface area (Å²) in [6.07, 6.45) is 28.0. The van der Waals surface area contributed by atoms with Crippen LogP contribution in [0.15, 0.2) is 117 Å².